The van der Waals surface area contributed by atoms with Crippen molar-refractivity contribution in [2.24, 2.45) is 0 Å². The van der Waals surface area contributed by atoms with Crippen molar-refractivity contribution in [3.8, 4) is 0 Å². The molecule has 0 N–H and O–H groups in total. The summed E-state index contributed by atoms with van der Waals surface area (Å²) in [6, 6.07) is 15.8. The molecule has 0 aromatic heterocycles. The Morgan fingerprint density at radius 1 is 0.857 bits per heavy atom. The molecule has 2 aromatic rings. The van der Waals surface area contributed by atoms with E-state index in [9.17, 15) is 9.59 Å². The summed E-state index contributed by atoms with van der Waals surface area (Å²) in [6.07, 6.45) is 5.23. The average Bonchev–Trinajstić information content (AvgIpc) is 2.97. The number of fused-ring (bicyclic) bond motifs is 1. The summed E-state index contributed by atoms with van der Waals surface area (Å²) in [5, 5.41) is 0. The Hall–Kier alpha value is -2.72. The molecule has 28 heavy (non-hydrogen) atoms. The first-order chi connectivity index (χ1) is 13.6. The normalized spacial score (nSPS) is 17.0. The van der Waals surface area contributed by atoms with Crippen molar-refractivity contribution in [2.75, 3.05) is 26.2 Å². The Labute approximate surface area is 166 Å². The molecule has 4 rings (SSSR count). The molecular weight excluding hydrogens is 348 g/mol. The topological polar surface area (TPSA) is 40.6 Å². The number of benzene rings is 2. The van der Waals surface area contributed by atoms with Gasteiger partial charge in [0.25, 0.3) is 11.8 Å². The van der Waals surface area contributed by atoms with Crippen LogP contribution in [-0.4, -0.2) is 47.8 Å². The Bertz CT molecular complexity index is 879. The van der Waals surface area contributed by atoms with E-state index >= 15 is 0 Å². The number of amides is 2. The number of carbonyl (C=O) groups excluding carboxylic acids is 2. The van der Waals surface area contributed by atoms with Crippen LogP contribution in [-0.2, 0) is 0 Å². The molecule has 2 aromatic carbocycles. The van der Waals surface area contributed by atoms with E-state index < -0.39 is 0 Å². The van der Waals surface area contributed by atoms with Gasteiger partial charge in [-0.1, -0.05) is 48.0 Å². The third-order valence-corrected chi connectivity index (χ3v) is 5.70. The van der Waals surface area contributed by atoms with E-state index in [0.29, 0.717) is 17.7 Å². The third-order valence-electron chi connectivity index (χ3n) is 5.70. The van der Waals surface area contributed by atoms with Gasteiger partial charge in [0.15, 0.2) is 0 Å². The van der Waals surface area contributed by atoms with Gasteiger partial charge in [0.2, 0.25) is 0 Å². The lowest BCUT2D eigenvalue weighted by molar-refractivity contribution is 0.0650. The monoisotopic (exact) mass is 374 g/mol. The highest BCUT2D eigenvalue weighted by molar-refractivity contribution is 6.21. The molecule has 0 aliphatic carbocycles. The second-order valence-electron chi connectivity index (χ2n) is 7.66. The quantitative estimate of drug-likeness (QED) is 0.563. The molecule has 0 atom stereocenters. The van der Waals surface area contributed by atoms with E-state index in [1.54, 1.807) is 12.1 Å². The predicted octanol–water partition coefficient (Wildman–Crippen LogP) is 4.16. The predicted molar refractivity (Wildman–Crippen MR) is 111 cm³/mol. The molecule has 4 nitrogen and oxygen atoms in total. The van der Waals surface area contributed by atoms with Crippen molar-refractivity contribution < 1.29 is 9.59 Å². The molecule has 2 amide bonds. The Morgan fingerprint density at radius 3 is 2.11 bits per heavy atom. The van der Waals surface area contributed by atoms with Crippen LogP contribution < -0.4 is 0 Å². The van der Waals surface area contributed by atoms with E-state index in [4.69, 9.17) is 0 Å². The lowest BCUT2D eigenvalue weighted by Crippen LogP contribution is -2.32. The van der Waals surface area contributed by atoms with Crippen LogP contribution >= 0.6 is 0 Å². The maximum absolute atomic E-state index is 12.4. The summed E-state index contributed by atoms with van der Waals surface area (Å²) in [7, 11) is 0. The highest BCUT2D eigenvalue weighted by Gasteiger charge is 2.34. The maximum Gasteiger partial charge on any atom is 0.261 e. The first kappa shape index (κ1) is 18.6. The van der Waals surface area contributed by atoms with Crippen molar-refractivity contribution in [3.63, 3.8) is 0 Å². The Balaban J connectivity index is 1.23. The number of hydrogen-bond acceptors (Lipinski definition) is 3. The van der Waals surface area contributed by atoms with E-state index in [0.717, 1.165) is 38.9 Å². The Kier molecular flexibility index (Phi) is 5.40. The molecule has 0 radical (unpaired) electrons. The van der Waals surface area contributed by atoms with Gasteiger partial charge in [-0.3, -0.25) is 19.4 Å². The summed E-state index contributed by atoms with van der Waals surface area (Å²) in [5.41, 5.74) is 5.13. The van der Waals surface area contributed by atoms with Crippen molar-refractivity contribution in [1.82, 2.24) is 9.80 Å². The van der Waals surface area contributed by atoms with Gasteiger partial charge in [-0.05, 0) is 56.0 Å². The van der Waals surface area contributed by atoms with Crippen molar-refractivity contribution in [3.05, 3.63) is 76.9 Å². The first-order valence-electron chi connectivity index (χ1n) is 10.1. The van der Waals surface area contributed by atoms with Crippen LogP contribution in [0.15, 0.2) is 54.6 Å². The SMILES string of the molecule is Cc1ccc(C2=CCN(CCCCN3C(=O)c4ccccc4C3=O)CC2)cc1. The zero-order chi connectivity index (χ0) is 19.5. The Morgan fingerprint density at radius 2 is 1.50 bits per heavy atom. The lowest BCUT2D eigenvalue weighted by atomic mass is 9.98. The van der Waals surface area contributed by atoms with E-state index in [-0.39, 0.29) is 11.8 Å². The highest BCUT2D eigenvalue weighted by atomic mass is 16.2. The number of unbranched alkanes of at least 4 members (excludes halogenated alkanes) is 1. The van der Waals surface area contributed by atoms with Gasteiger partial charge in [-0.2, -0.15) is 0 Å². The minimum absolute atomic E-state index is 0.149. The van der Waals surface area contributed by atoms with Crippen molar-refractivity contribution in [1.29, 1.82) is 0 Å². The minimum Gasteiger partial charge on any atom is -0.299 e. The second kappa shape index (κ2) is 8.11. The molecule has 0 saturated heterocycles. The molecule has 0 unspecified atom stereocenters. The lowest BCUT2D eigenvalue weighted by Gasteiger charge is -2.26. The number of rotatable bonds is 6. The second-order valence-corrected chi connectivity index (χ2v) is 7.66. The number of imide groups is 1. The fourth-order valence-electron chi connectivity index (χ4n) is 3.99. The summed E-state index contributed by atoms with van der Waals surface area (Å²) in [5.74, 6) is -0.298. The molecule has 4 heteroatoms. The van der Waals surface area contributed by atoms with Gasteiger partial charge >= 0.3 is 0 Å². The zero-order valence-electron chi connectivity index (χ0n) is 16.4. The molecular formula is C24H26N2O2. The van der Waals surface area contributed by atoms with E-state index in [1.165, 1.54) is 21.6 Å². The van der Waals surface area contributed by atoms with E-state index in [1.807, 2.05) is 12.1 Å². The number of hydrogen-bond donors (Lipinski definition) is 0. The summed E-state index contributed by atoms with van der Waals surface area (Å²) >= 11 is 0. The summed E-state index contributed by atoms with van der Waals surface area (Å²) in [6.45, 7) is 5.65. The number of aryl methyl sites for hydroxylation is 1. The molecule has 2 aliphatic heterocycles. The van der Waals surface area contributed by atoms with Crippen LogP contribution in [0.4, 0.5) is 0 Å². The van der Waals surface area contributed by atoms with Crippen LogP contribution in [0, 0.1) is 6.92 Å². The van der Waals surface area contributed by atoms with Crippen LogP contribution in [0.25, 0.3) is 5.57 Å². The largest absolute Gasteiger partial charge is 0.299 e. The molecule has 0 spiro atoms. The molecule has 2 aliphatic rings. The smallest absolute Gasteiger partial charge is 0.261 e. The van der Waals surface area contributed by atoms with Gasteiger partial charge in [0.05, 0.1) is 11.1 Å². The van der Waals surface area contributed by atoms with E-state index in [2.05, 4.69) is 42.2 Å². The fourth-order valence-corrected chi connectivity index (χ4v) is 3.99. The van der Waals surface area contributed by atoms with Crippen molar-refractivity contribution >= 4 is 17.4 Å². The van der Waals surface area contributed by atoms with Crippen LogP contribution in [0.5, 0.6) is 0 Å². The molecule has 0 bridgehead atoms. The molecule has 2 heterocycles. The molecule has 144 valence electrons. The third kappa shape index (κ3) is 3.78. The van der Waals surface area contributed by atoms with Crippen molar-refractivity contribution in [2.45, 2.75) is 26.2 Å². The van der Waals surface area contributed by atoms with Crippen LogP contribution in [0.3, 0.4) is 0 Å². The van der Waals surface area contributed by atoms with Gasteiger partial charge in [-0.25, -0.2) is 0 Å². The standard InChI is InChI=1S/C24H26N2O2/c1-18-8-10-19(11-9-18)20-12-16-25(17-13-20)14-4-5-15-26-23(27)21-6-2-3-7-22(21)24(26)28/h2-3,6-12H,4-5,13-17H2,1H3. The van der Waals surface area contributed by atoms with Crippen LogP contribution in [0.2, 0.25) is 0 Å². The maximum atomic E-state index is 12.4. The van der Waals surface area contributed by atoms with Gasteiger partial charge in [0.1, 0.15) is 0 Å². The summed E-state index contributed by atoms with van der Waals surface area (Å²) < 4.78 is 0. The fraction of sp³-hybridized carbons (Fsp3) is 0.333. The number of carbonyl (C=O) groups is 2. The van der Waals surface area contributed by atoms with Gasteiger partial charge < -0.3 is 0 Å². The zero-order valence-corrected chi connectivity index (χ0v) is 16.4. The van der Waals surface area contributed by atoms with Crippen LogP contribution in [0.1, 0.15) is 51.1 Å². The first-order valence-corrected chi connectivity index (χ1v) is 10.1. The molecule has 0 fully saturated rings. The van der Waals surface area contributed by atoms with Gasteiger partial charge in [-0.15, -0.1) is 0 Å². The number of nitrogens with zero attached hydrogens (tertiary/aromatic N) is 2. The molecule has 0 saturated carbocycles. The average molecular weight is 374 g/mol. The van der Waals surface area contributed by atoms with Gasteiger partial charge in [0, 0.05) is 19.6 Å². The summed E-state index contributed by atoms with van der Waals surface area (Å²) in [4.78, 5) is 28.6. The highest BCUT2D eigenvalue weighted by Crippen LogP contribution is 2.24. The minimum atomic E-state index is -0.149.